The number of rotatable bonds is 7. The average molecular weight is 363 g/mol. The molecule has 25 heavy (non-hydrogen) atoms. The van der Waals surface area contributed by atoms with Gasteiger partial charge >= 0.3 is 5.97 Å². The molecule has 0 radical (unpaired) electrons. The molecule has 0 amide bonds. The Morgan fingerprint density at radius 1 is 1.36 bits per heavy atom. The SMILES string of the molecule is COC(=O)c1cc2cccc(/C=C/COS(C)(=O)=O)c2n1CC1CC1. The number of aromatic nitrogens is 1. The molecule has 1 aromatic carbocycles. The van der Waals surface area contributed by atoms with Crippen LogP contribution in [0.15, 0.2) is 30.3 Å². The topological polar surface area (TPSA) is 74.6 Å². The maximum absolute atomic E-state index is 12.1. The number of nitrogens with zero attached hydrogens (tertiary/aromatic N) is 1. The fourth-order valence-corrected chi connectivity index (χ4v) is 3.17. The molecule has 1 fully saturated rings. The van der Waals surface area contributed by atoms with Crippen LogP contribution < -0.4 is 0 Å². The number of esters is 1. The van der Waals surface area contributed by atoms with Gasteiger partial charge in [-0.2, -0.15) is 8.42 Å². The molecule has 0 spiro atoms. The lowest BCUT2D eigenvalue weighted by Crippen LogP contribution is -2.12. The Morgan fingerprint density at radius 2 is 2.12 bits per heavy atom. The minimum absolute atomic E-state index is 0.0254. The van der Waals surface area contributed by atoms with E-state index < -0.39 is 10.1 Å². The summed E-state index contributed by atoms with van der Waals surface area (Å²) < 4.78 is 33.7. The molecule has 0 saturated heterocycles. The number of benzene rings is 1. The van der Waals surface area contributed by atoms with E-state index in [1.807, 2.05) is 34.9 Å². The molecule has 134 valence electrons. The molecule has 0 unspecified atom stereocenters. The van der Waals surface area contributed by atoms with Crippen LogP contribution in [0.4, 0.5) is 0 Å². The van der Waals surface area contributed by atoms with Gasteiger partial charge in [0.1, 0.15) is 5.69 Å². The second kappa shape index (κ2) is 7.01. The van der Waals surface area contributed by atoms with E-state index in [1.54, 1.807) is 6.08 Å². The molecule has 2 aromatic rings. The monoisotopic (exact) mass is 363 g/mol. The Bertz CT molecular complexity index is 922. The van der Waals surface area contributed by atoms with E-state index in [1.165, 1.54) is 20.0 Å². The van der Waals surface area contributed by atoms with Gasteiger partial charge in [-0.15, -0.1) is 0 Å². The van der Waals surface area contributed by atoms with Crippen molar-refractivity contribution in [3.63, 3.8) is 0 Å². The lowest BCUT2D eigenvalue weighted by atomic mass is 10.1. The van der Waals surface area contributed by atoms with Crippen molar-refractivity contribution in [1.29, 1.82) is 0 Å². The Labute approximate surface area is 147 Å². The molecule has 1 aliphatic rings. The zero-order valence-corrected chi connectivity index (χ0v) is 15.1. The van der Waals surface area contributed by atoms with Crippen LogP contribution in [0.1, 0.15) is 28.9 Å². The van der Waals surface area contributed by atoms with Crippen LogP contribution in [0, 0.1) is 5.92 Å². The number of para-hydroxylation sites is 1. The summed E-state index contributed by atoms with van der Waals surface area (Å²) in [6, 6.07) is 7.63. The molecule has 1 saturated carbocycles. The van der Waals surface area contributed by atoms with E-state index in [-0.39, 0.29) is 12.6 Å². The van der Waals surface area contributed by atoms with Gasteiger partial charge in [-0.1, -0.05) is 30.4 Å². The predicted molar refractivity (Wildman–Crippen MR) is 95.8 cm³/mol. The van der Waals surface area contributed by atoms with Crippen molar-refractivity contribution in [2.75, 3.05) is 20.0 Å². The molecular weight excluding hydrogens is 342 g/mol. The normalized spacial score (nSPS) is 15.1. The Morgan fingerprint density at radius 3 is 2.76 bits per heavy atom. The van der Waals surface area contributed by atoms with Crippen LogP contribution in [0.3, 0.4) is 0 Å². The fraction of sp³-hybridized carbons (Fsp3) is 0.389. The van der Waals surface area contributed by atoms with Gasteiger partial charge in [-0.3, -0.25) is 4.18 Å². The molecule has 1 aliphatic carbocycles. The maximum Gasteiger partial charge on any atom is 0.354 e. The van der Waals surface area contributed by atoms with Gasteiger partial charge in [-0.25, -0.2) is 4.79 Å². The number of ether oxygens (including phenoxy) is 1. The van der Waals surface area contributed by atoms with E-state index in [9.17, 15) is 13.2 Å². The van der Waals surface area contributed by atoms with Crippen molar-refractivity contribution in [1.82, 2.24) is 4.57 Å². The summed E-state index contributed by atoms with van der Waals surface area (Å²) in [7, 11) is -2.09. The smallest absolute Gasteiger partial charge is 0.354 e. The standard InChI is InChI=1S/C18H21NO5S/c1-23-18(20)16-11-15-6-3-5-14(7-4-10-24-25(2,21)22)17(15)19(16)12-13-8-9-13/h3-7,11,13H,8-10,12H2,1-2H3/b7-4+. The van der Waals surface area contributed by atoms with Gasteiger partial charge in [-0.05, 0) is 30.4 Å². The summed E-state index contributed by atoms with van der Waals surface area (Å²) in [5.41, 5.74) is 2.40. The zero-order valence-electron chi connectivity index (χ0n) is 14.3. The summed E-state index contributed by atoms with van der Waals surface area (Å²) in [4.78, 5) is 12.1. The highest BCUT2D eigenvalue weighted by Crippen LogP contribution is 2.34. The average Bonchev–Trinajstić information content (AvgIpc) is 3.30. The van der Waals surface area contributed by atoms with Crippen molar-refractivity contribution in [2.24, 2.45) is 5.92 Å². The molecule has 0 aliphatic heterocycles. The third-order valence-corrected chi connectivity index (χ3v) is 4.72. The minimum Gasteiger partial charge on any atom is -0.464 e. The summed E-state index contributed by atoms with van der Waals surface area (Å²) in [5, 5.41) is 0.951. The molecular formula is C18H21NO5S. The molecule has 0 atom stereocenters. The Balaban J connectivity index is 1.99. The summed E-state index contributed by atoms with van der Waals surface area (Å²) >= 11 is 0. The molecule has 6 nitrogen and oxygen atoms in total. The quantitative estimate of drug-likeness (QED) is 0.559. The Hall–Kier alpha value is -2.12. The van der Waals surface area contributed by atoms with Crippen molar-refractivity contribution in [2.45, 2.75) is 19.4 Å². The lowest BCUT2D eigenvalue weighted by molar-refractivity contribution is 0.0588. The number of methoxy groups -OCH3 is 1. The first-order valence-electron chi connectivity index (χ1n) is 8.10. The summed E-state index contributed by atoms with van der Waals surface area (Å²) in [5.74, 6) is 0.233. The van der Waals surface area contributed by atoms with Crippen molar-refractivity contribution in [3.8, 4) is 0 Å². The Kier molecular flexibility index (Phi) is 4.96. The highest BCUT2D eigenvalue weighted by Gasteiger charge is 2.26. The van der Waals surface area contributed by atoms with Gasteiger partial charge in [0.2, 0.25) is 0 Å². The van der Waals surface area contributed by atoms with E-state index in [0.29, 0.717) is 11.6 Å². The van der Waals surface area contributed by atoms with Crippen LogP contribution in [-0.2, 0) is 25.6 Å². The molecule has 0 N–H and O–H groups in total. The first-order chi connectivity index (χ1) is 11.9. The van der Waals surface area contributed by atoms with Crippen LogP contribution >= 0.6 is 0 Å². The number of carbonyl (C=O) groups excluding carboxylic acids is 1. The van der Waals surface area contributed by atoms with E-state index >= 15 is 0 Å². The van der Waals surface area contributed by atoms with Crippen molar-refractivity contribution < 1.29 is 22.1 Å². The molecule has 1 aromatic heterocycles. The summed E-state index contributed by atoms with van der Waals surface area (Å²) in [6.45, 7) is 0.751. The first-order valence-corrected chi connectivity index (χ1v) is 9.92. The third kappa shape index (κ3) is 4.29. The van der Waals surface area contributed by atoms with Crippen LogP contribution in [0.5, 0.6) is 0 Å². The number of hydrogen-bond acceptors (Lipinski definition) is 5. The highest BCUT2D eigenvalue weighted by atomic mass is 32.2. The van der Waals surface area contributed by atoms with Crippen LogP contribution in [-0.4, -0.2) is 38.9 Å². The highest BCUT2D eigenvalue weighted by molar-refractivity contribution is 7.85. The minimum atomic E-state index is -3.47. The number of carbonyl (C=O) groups is 1. The molecule has 0 bridgehead atoms. The summed E-state index contributed by atoms with van der Waals surface area (Å²) in [6.07, 6.45) is 6.83. The molecule has 7 heteroatoms. The number of fused-ring (bicyclic) bond motifs is 1. The van der Waals surface area contributed by atoms with Gasteiger partial charge in [0, 0.05) is 11.9 Å². The van der Waals surface area contributed by atoms with Crippen molar-refractivity contribution in [3.05, 3.63) is 41.6 Å². The van der Waals surface area contributed by atoms with E-state index in [2.05, 4.69) is 0 Å². The van der Waals surface area contributed by atoms with Gasteiger partial charge in [0.05, 0.1) is 25.5 Å². The second-order valence-electron chi connectivity index (χ2n) is 6.25. The van der Waals surface area contributed by atoms with Gasteiger partial charge < -0.3 is 9.30 Å². The van der Waals surface area contributed by atoms with Crippen molar-refractivity contribution >= 4 is 33.1 Å². The first kappa shape index (κ1) is 17.7. The lowest BCUT2D eigenvalue weighted by Gasteiger charge is -2.10. The second-order valence-corrected chi connectivity index (χ2v) is 7.90. The fourth-order valence-electron chi connectivity index (χ4n) is 2.85. The number of hydrogen-bond donors (Lipinski definition) is 0. The van der Waals surface area contributed by atoms with Gasteiger partial charge in [0.25, 0.3) is 10.1 Å². The molecule has 1 heterocycles. The predicted octanol–water partition coefficient (Wildman–Crippen LogP) is 2.83. The van der Waals surface area contributed by atoms with E-state index in [0.717, 1.165) is 29.3 Å². The van der Waals surface area contributed by atoms with E-state index in [4.69, 9.17) is 8.92 Å². The maximum atomic E-state index is 12.1. The van der Waals surface area contributed by atoms with Crippen LogP contribution in [0.2, 0.25) is 0 Å². The largest absolute Gasteiger partial charge is 0.464 e. The molecule has 3 rings (SSSR count). The van der Waals surface area contributed by atoms with Crippen LogP contribution in [0.25, 0.3) is 17.0 Å². The van der Waals surface area contributed by atoms with Gasteiger partial charge in [0.15, 0.2) is 0 Å². The zero-order chi connectivity index (χ0) is 18.0. The third-order valence-electron chi connectivity index (χ3n) is 4.16.